The van der Waals surface area contributed by atoms with E-state index in [0.29, 0.717) is 17.9 Å². The Morgan fingerprint density at radius 2 is 1.78 bits per heavy atom. The van der Waals surface area contributed by atoms with Crippen molar-refractivity contribution >= 4 is 12.1 Å². The lowest BCUT2D eigenvalue weighted by Crippen LogP contribution is -2.17. The molecule has 4 aromatic rings. The lowest BCUT2D eigenvalue weighted by atomic mass is 10.1. The van der Waals surface area contributed by atoms with E-state index in [1.807, 2.05) is 36.4 Å². The number of carbonyl (C=O) groups is 1. The molecule has 4 rings (SSSR count). The normalized spacial score (nSPS) is 10.9. The van der Waals surface area contributed by atoms with Crippen LogP contribution in [0.1, 0.15) is 27.2 Å². The predicted octanol–water partition coefficient (Wildman–Crippen LogP) is 4.87. The van der Waals surface area contributed by atoms with E-state index in [2.05, 4.69) is 39.8 Å². The number of carbonyl (C=O) groups excluding carboxylic acids is 1. The number of hydrogen-bond donors (Lipinski definition) is 2. The smallest absolute Gasteiger partial charge is 0.289 e. The summed E-state index contributed by atoms with van der Waals surface area (Å²) in [5.41, 5.74) is 7.15. The Morgan fingerprint density at radius 3 is 2.50 bits per heavy atom. The van der Waals surface area contributed by atoms with Crippen molar-refractivity contribution in [2.75, 3.05) is 0 Å². The van der Waals surface area contributed by atoms with E-state index >= 15 is 0 Å². The van der Waals surface area contributed by atoms with Crippen LogP contribution in [0.2, 0.25) is 0 Å². The second-order valence-corrected chi connectivity index (χ2v) is 7.22. The van der Waals surface area contributed by atoms with Crippen molar-refractivity contribution in [1.82, 2.24) is 15.6 Å². The summed E-state index contributed by atoms with van der Waals surface area (Å²) < 4.78 is 18.7. The molecule has 0 bridgehead atoms. The number of ether oxygens (including phenoxy) is 1. The van der Waals surface area contributed by atoms with Crippen LogP contribution in [0.5, 0.6) is 5.75 Å². The Labute approximate surface area is 184 Å². The molecule has 0 spiro atoms. The number of halogens is 1. The highest BCUT2D eigenvalue weighted by Crippen LogP contribution is 2.22. The zero-order valence-electron chi connectivity index (χ0n) is 17.4. The van der Waals surface area contributed by atoms with Gasteiger partial charge in [-0.05, 0) is 60.5 Å². The van der Waals surface area contributed by atoms with E-state index in [9.17, 15) is 9.18 Å². The molecular formula is C25H21FN4O2. The number of aromatic nitrogens is 2. The average molecular weight is 428 g/mol. The molecule has 0 aliphatic rings. The van der Waals surface area contributed by atoms with Gasteiger partial charge in [0.2, 0.25) is 0 Å². The molecule has 7 heteroatoms. The number of nitrogens with one attached hydrogen (secondary N) is 2. The van der Waals surface area contributed by atoms with Crippen molar-refractivity contribution in [3.63, 3.8) is 0 Å². The minimum Gasteiger partial charge on any atom is -0.489 e. The largest absolute Gasteiger partial charge is 0.489 e. The van der Waals surface area contributed by atoms with Gasteiger partial charge in [-0.25, -0.2) is 9.82 Å². The van der Waals surface area contributed by atoms with Crippen LogP contribution in [0.3, 0.4) is 0 Å². The molecule has 3 aromatic carbocycles. The van der Waals surface area contributed by atoms with E-state index in [0.717, 1.165) is 16.9 Å². The molecule has 0 unspecified atom stereocenters. The third-order valence-electron chi connectivity index (χ3n) is 4.75. The summed E-state index contributed by atoms with van der Waals surface area (Å²) in [7, 11) is 0. The fourth-order valence-corrected chi connectivity index (χ4v) is 2.93. The van der Waals surface area contributed by atoms with E-state index in [-0.39, 0.29) is 11.5 Å². The van der Waals surface area contributed by atoms with Gasteiger partial charge in [0.1, 0.15) is 23.9 Å². The lowest BCUT2D eigenvalue weighted by molar-refractivity contribution is 0.0950. The molecule has 0 atom stereocenters. The molecule has 1 aromatic heterocycles. The first kappa shape index (κ1) is 21.0. The van der Waals surface area contributed by atoms with Gasteiger partial charge in [0.25, 0.3) is 5.91 Å². The second-order valence-electron chi connectivity index (χ2n) is 7.22. The topological polar surface area (TPSA) is 79.4 Å². The summed E-state index contributed by atoms with van der Waals surface area (Å²) in [5.74, 6) is -0.0137. The van der Waals surface area contributed by atoms with E-state index in [1.165, 1.54) is 23.9 Å². The molecule has 1 heterocycles. The molecule has 32 heavy (non-hydrogen) atoms. The van der Waals surface area contributed by atoms with Gasteiger partial charge in [-0.2, -0.15) is 10.2 Å². The summed E-state index contributed by atoms with van der Waals surface area (Å²) in [6, 6.07) is 23.1. The van der Waals surface area contributed by atoms with Crippen molar-refractivity contribution in [3.8, 4) is 17.0 Å². The molecule has 2 N–H and O–H groups in total. The molecule has 0 radical (unpaired) electrons. The van der Waals surface area contributed by atoms with Crippen molar-refractivity contribution in [2.24, 2.45) is 5.10 Å². The molecule has 0 aliphatic carbocycles. The maximum Gasteiger partial charge on any atom is 0.289 e. The minimum atomic E-state index is -0.430. The van der Waals surface area contributed by atoms with Crippen molar-refractivity contribution in [1.29, 1.82) is 0 Å². The maximum absolute atomic E-state index is 12.9. The number of aromatic amines is 1. The van der Waals surface area contributed by atoms with Gasteiger partial charge in [-0.3, -0.25) is 9.89 Å². The van der Waals surface area contributed by atoms with Gasteiger partial charge >= 0.3 is 0 Å². The van der Waals surface area contributed by atoms with Crippen LogP contribution in [0.4, 0.5) is 4.39 Å². The summed E-state index contributed by atoms with van der Waals surface area (Å²) in [6.07, 6.45) is 1.43. The zero-order valence-corrected chi connectivity index (χ0v) is 17.4. The molecule has 160 valence electrons. The highest BCUT2D eigenvalue weighted by molar-refractivity contribution is 5.94. The first-order valence-electron chi connectivity index (χ1n) is 10.00. The number of H-pyrrole nitrogens is 1. The van der Waals surface area contributed by atoms with Crippen LogP contribution in [-0.4, -0.2) is 22.3 Å². The molecule has 0 saturated carbocycles. The molecular weight excluding hydrogens is 407 g/mol. The fraction of sp³-hybridized carbons (Fsp3) is 0.0800. The first-order valence-corrected chi connectivity index (χ1v) is 10.00. The summed E-state index contributed by atoms with van der Waals surface area (Å²) in [4.78, 5) is 12.3. The minimum absolute atomic E-state index is 0.274. The zero-order chi connectivity index (χ0) is 22.3. The number of hydrazone groups is 1. The second kappa shape index (κ2) is 9.70. The highest BCUT2D eigenvalue weighted by Gasteiger charge is 2.10. The van der Waals surface area contributed by atoms with Crippen LogP contribution in [0.25, 0.3) is 11.3 Å². The number of rotatable bonds is 7. The quantitative estimate of drug-likeness (QED) is 0.326. The Hall–Kier alpha value is -4.26. The number of nitrogens with zero attached hydrogens (tertiary/aromatic N) is 2. The highest BCUT2D eigenvalue weighted by atomic mass is 19.1. The van der Waals surface area contributed by atoms with E-state index in [4.69, 9.17) is 4.74 Å². The van der Waals surface area contributed by atoms with Crippen LogP contribution < -0.4 is 10.2 Å². The molecule has 6 nitrogen and oxygen atoms in total. The predicted molar refractivity (Wildman–Crippen MR) is 121 cm³/mol. The lowest BCUT2D eigenvalue weighted by Gasteiger charge is -2.07. The molecule has 1 amide bonds. The van der Waals surface area contributed by atoms with Crippen molar-refractivity contribution in [2.45, 2.75) is 13.5 Å². The number of amides is 1. The van der Waals surface area contributed by atoms with Gasteiger partial charge in [-0.15, -0.1) is 0 Å². The molecule has 0 fully saturated rings. The number of aryl methyl sites for hydroxylation is 1. The Kier molecular flexibility index (Phi) is 6.36. The summed E-state index contributed by atoms with van der Waals surface area (Å²) >= 11 is 0. The molecule has 0 aliphatic heterocycles. The standard InChI is InChI=1S/C25H21FN4O2/c1-17-2-4-19(5-3-17)16-32-22-12-8-20(9-13-22)23-14-24(29-28-23)25(31)30-27-15-18-6-10-21(26)11-7-18/h2-15H,16H2,1H3,(H,28,29)(H,30,31). The van der Waals surface area contributed by atoms with E-state index < -0.39 is 5.91 Å². The van der Waals surface area contributed by atoms with Gasteiger partial charge in [0.05, 0.1) is 11.9 Å². The van der Waals surface area contributed by atoms with Crippen LogP contribution in [0.15, 0.2) is 84.0 Å². The SMILES string of the molecule is Cc1ccc(COc2ccc(-c3cc(C(=O)NN=Cc4ccc(F)cc4)[nH]n3)cc2)cc1. The van der Waals surface area contributed by atoms with Crippen LogP contribution in [0, 0.1) is 12.7 Å². The summed E-state index contributed by atoms with van der Waals surface area (Å²) in [5, 5.41) is 10.8. The van der Waals surface area contributed by atoms with Gasteiger partial charge < -0.3 is 4.74 Å². The average Bonchev–Trinajstić information content (AvgIpc) is 3.31. The third-order valence-corrected chi connectivity index (χ3v) is 4.75. The first-order chi connectivity index (χ1) is 15.6. The Bertz CT molecular complexity index is 1210. The van der Waals surface area contributed by atoms with Crippen molar-refractivity contribution in [3.05, 3.63) is 107 Å². The number of hydrogen-bond acceptors (Lipinski definition) is 4. The maximum atomic E-state index is 12.9. The third kappa shape index (κ3) is 5.46. The van der Waals surface area contributed by atoms with Gasteiger partial charge in [-0.1, -0.05) is 42.0 Å². The van der Waals surface area contributed by atoms with Crippen molar-refractivity contribution < 1.29 is 13.9 Å². The molecule has 0 saturated heterocycles. The Morgan fingerprint density at radius 1 is 1.06 bits per heavy atom. The van der Waals surface area contributed by atoms with Gasteiger partial charge in [0.15, 0.2) is 0 Å². The van der Waals surface area contributed by atoms with Crippen LogP contribution in [-0.2, 0) is 6.61 Å². The fourth-order valence-electron chi connectivity index (χ4n) is 2.93. The monoisotopic (exact) mass is 428 g/mol. The summed E-state index contributed by atoms with van der Waals surface area (Å²) in [6.45, 7) is 2.54. The van der Waals surface area contributed by atoms with Gasteiger partial charge in [0, 0.05) is 5.56 Å². The Balaban J connectivity index is 1.33. The van der Waals surface area contributed by atoms with E-state index in [1.54, 1.807) is 18.2 Å². The van der Waals surface area contributed by atoms with Crippen LogP contribution >= 0.6 is 0 Å². The number of benzene rings is 3.